The smallest absolute Gasteiger partial charge is 0.243 e. The number of ketones is 1. The Hall–Kier alpha value is -2.50. The van der Waals surface area contributed by atoms with E-state index in [0.29, 0.717) is 25.2 Å². The molecule has 2 atom stereocenters. The summed E-state index contributed by atoms with van der Waals surface area (Å²) in [6.07, 6.45) is 6.39. The van der Waals surface area contributed by atoms with Crippen LogP contribution in [0.3, 0.4) is 0 Å². The second-order valence-electron chi connectivity index (χ2n) is 8.79. The Morgan fingerprint density at radius 3 is 2.27 bits per heavy atom. The monoisotopic (exact) mass is 411 g/mol. The molecular formula is C24H33N3O3. The first-order valence-electron chi connectivity index (χ1n) is 11.1. The standard InChI is InChI=1S/C24H33N3O3/c1-16(28)14-21(20-6-4-3-5-7-20)24(30)27-13-12-22(27)23(29)26-15-18-8-10-19(11-9-18)17(2)25/h8-11,20-22,25H,3-7,12-15H2,1-2H3,(H,26,29)/t21-,22+/m1/s1. The second-order valence-corrected chi connectivity index (χ2v) is 8.79. The van der Waals surface area contributed by atoms with Gasteiger partial charge in [0, 0.05) is 31.1 Å². The molecule has 1 saturated carbocycles. The van der Waals surface area contributed by atoms with Gasteiger partial charge in [-0.15, -0.1) is 0 Å². The Morgan fingerprint density at radius 1 is 1.07 bits per heavy atom. The maximum absolute atomic E-state index is 13.2. The molecular weight excluding hydrogens is 378 g/mol. The Kier molecular flexibility index (Phi) is 7.40. The van der Waals surface area contributed by atoms with Crippen molar-refractivity contribution in [2.45, 2.75) is 71.4 Å². The number of amides is 2. The quantitative estimate of drug-likeness (QED) is 0.642. The first-order chi connectivity index (χ1) is 14.4. The zero-order valence-electron chi connectivity index (χ0n) is 18.1. The minimum Gasteiger partial charge on any atom is -0.350 e. The highest BCUT2D eigenvalue weighted by Gasteiger charge is 2.42. The van der Waals surface area contributed by atoms with Crippen LogP contribution in [0.25, 0.3) is 0 Å². The third kappa shape index (κ3) is 5.35. The van der Waals surface area contributed by atoms with Gasteiger partial charge in [0.2, 0.25) is 11.8 Å². The van der Waals surface area contributed by atoms with Crippen molar-refractivity contribution in [3.63, 3.8) is 0 Å². The number of nitrogens with one attached hydrogen (secondary N) is 2. The molecule has 1 aromatic carbocycles. The Bertz CT molecular complexity index is 796. The highest BCUT2D eigenvalue weighted by Crippen LogP contribution is 2.35. The van der Waals surface area contributed by atoms with E-state index in [-0.39, 0.29) is 35.9 Å². The summed E-state index contributed by atoms with van der Waals surface area (Å²) in [6, 6.07) is 7.13. The van der Waals surface area contributed by atoms with Gasteiger partial charge in [0.1, 0.15) is 11.8 Å². The van der Waals surface area contributed by atoms with Gasteiger partial charge in [-0.2, -0.15) is 0 Å². The summed E-state index contributed by atoms with van der Waals surface area (Å²) in [5.74, 6) is -0.129. The zero-order valence-corrected chi connectivity index (χ0v) is 18.1. The molecule has 0 bridgehead atoms. The predicted octanol–water partition coefficient (Wildman–Crippen LogP) is 3.47. The fourth-order valence-electron chi connectivity index (χ4n) is 4.62. The summed E-state index contributed by atoms with van der Waals surface area (Å²) in [7, 11) is 0. The number of hydrogen-bond acceptors (Lipinski definition) is 4. The predicted molar refractivity (Wildman–Crippen MR) is 116 cm³/mol. The number of carbonyl (C=O) groups excluding carboxylic acids is 3. The molecule has 1 heterocycles. The molecule has 0 aromatic heterocycles. The van der Waals surface area contributed by atoms with Crippen LogP contribution in [0.15, 0.2) is 24.3 Å². The second kappa shape index (κ2) is 10.0. The van der Waals surface area contributed by atoms with Crippen LogP contribution in [0.5, 0.6) is 0 Å². The number of rotatable bonds is 8. The lowest BCUT2D eigenvalue weighted by Gasteiger charge is -2.43. The minimum atomic E-state index is -0.432. The van der Waals surface area contributed by atoms with Gasteiger partial charge >= 0.3 is 0 Å². The van der Waals surface area contributed by atoms with Crippen LogP contribution in [0.2, 0.25) is 0 Å². The van der Waals surface area contributed by atoms with Gasteiger partial charge in [0.15, 0.2) is 0 Å². The summed E-state index contributed by atoms with van der Waals surface area (Å²) in [4.78, 5) is 39.4. The average Bonchev–Trinajstić information content (AvgIpc) is 2.70. The topological polar surface area (TPSA) is 90.3 Å². The lowest BCUT2D eigenvalue weighted by atomic mass is 9.76. The van der Waals surface area contributed by atoms with Gasteiger partial charge in [-0.3, -0.25) is 9.59 Å². The highest BCUT2D eigenvalue weighted by atomic mass is 16.2. The van der Waals surface area contributed by atoms with Crippen molar-refractivity contribution in [3.05, 3.63) is 35.4 Å². The van der Waals surface area contributed by atoms with Gasteiger partial charge in [-0.1, -0.05) is 43.5 Å². The highest BCUT2D eigenvalue weighted by molar-refractivity contribution is 5.96. The van der Waals surface area contributed by atoms with E-state index in [2.05, 4.69) is 5.32 Å². The number of carbonyl (C=O) groups is 3. The van der Waals surface area contributed by atoms with Crippen molar-refractivity contribution in [2.24, 2.45) is 11.8 Å². The Morgan fingerprint density at radius 2 is 1.73 bits per heavy atom. The van der Waals surface area contributed by atoms with Crippen LogP contribution in [-0.4, -0.2) is 40.8 Å². The number of Topliss-reactive ketones (excluding diaryl/α,β-unsaturated/α-hetero) is 1. The third-order valence-electron chi connectivity index (χ3n) is 6.50. The molecule has 1 aliphatic heterocycles. The van der Waals surface area contributed by atoms with Crippen molar-refractivity contribution in [1.82, 2.24) is 10.2 Å². The molecule has 0 unspecified atom stereocenters. The molecule has 6 nitrogen and oxygen atoms in total. The van der Waals surface area contributed by atoms with Crippen LogP contribution in [0.1, 0.15) is 69.9 Å². The van der Waals surface area contributed by atoms with E-state index < -0.39 is 6.04 Å². The fourth-order valence-corrected chi connectivity index (χ4v) is 4.62. The molecule has 0 radical (unpaired) electrons. The van der Waals surface area contributed by atoms with E-state index in [1.807, 2.05) is 24.3 Å². The van der Waals surface area contributed by atoms with Gasteiger partial charge in [-0.25, -0.2) is 0 Å². The molecule has 2 N–H and O–H groups in total. The molecule has 6 heteroatoms. The maximum atomic E-state index is 13.2. The molecule has 1 aromatic rings. The van der Waals surface area contributed by atoms with Crippen LogP contribution in [-0.2, 0) is 20.9 Å². The molecule has 1 aliphatic carbocycles. The van der Waals surface area contributed by atoms with Gasteiger partial charge in [-0.05, 0) is 50.2 Å². The van der Waals surface area contributed by atoms with E-state index in [1.165, 1.54) is 6.42 Å². The lowest BCUT2D eigenvalue weighted by Crippen LogP contribution is -2.60. The number of benzene rings is 1. The van der Waals surface area contributed by atoms with Gasteiger partial charge < -0.3 is 20.4 Å². The molecule has 2 aliphatic rings. The summed E-state index contributed by atoms with van der Waals surface area (Å²) in [5, 5.41) is 10.6. The summed E-state index contributed by atoms with van der Waals surface area (Å²) >= 11 is 0. The average molecular weight is 412 g/mol. The Balaban J connectivity index is 1.58. The third-order valence-corrected chi connectivity index (χ3v) is 6.50. The van der Waals surface area contributed by atoms with Crippen LogP contribution in [0, 0.1) is 17.2 Å². The first kappa shape index (κ1) is 22.2. The maximum Gasteiger partial charge on any atom is 0.243 e. The number of likely N-dealkylation sites (tertiary alicyclic amines) is 1. The summed E-state index contributed by atoms with van der Waals surface area (Å²) < 4.78 is 0. The van der Waals surface area contributed by atoms with E-state index >= 15 is 0 Å². The minimum absolute atomic E-state index is 0.0192. The van der Waals surface area contributed by atoms with Gasteiger partial charge in [0.05, 0.1) is 0 Å². The molecule has 3 rings (SSSR count). The largest absolute Gasteiger partial charge is 0.350 e. The van der Waals surface area contributed by atoms with Crippen LogP contribution < -0.4 is 5.32 Å². The molecule has 2 fully saturated rings. The van der Waals surface area contributed by atoms with Crippen LogP contribution in [0.4, 0.5) is 0 Å². The number of hydrogen-bond donors (Lipinski definition) is 2. The lowest BCUT2D eigenvalue weighted by molar-refractivity contribution is -0.153. The van der Waals surface area contributed by atoms with Crippen molar-refractivity contribution in [2.75, 3.05) is 6.54 Å². The van der Waals surface area contributed by atoms with Crippen molar-refractivity contribution < 1.29 is 14.4 Å². The van der Waals surface area contributed by atoms with Crippen molar-refractivity contribution in [1.29, 1.82) is 5.41 Å². The molecule has 30 heavy (non-hydrogen) atoms. The molecule has 0 spiro atoms. The van der Waals surface area contributed by atoms with E-state index in [4.69, 9.17) is 5.41 Å². The normalized spacial score (nSPS) is 20.2. The summed E-state index contributed by atoms with van der Waals surface area (Å²) in [5.41, 5.74) is 2.33. The molecule has 162 valence electrons. The van der Waals surface area contributed by atoms with Crippen LogP contribution >= 0.6 is 0 Å². The Labute approximate surface area is 178 Å². The van der Waals surface area contributed by atoms with Gasteiger partial charge in [0.25, 0.3) is 0 Å². The van der Waals surface area contributed by atoms with E-state index in [0.717, 1.165) is 36.8 Å². The SMILES string of the molecule is CC(=N)c1ccc(CNC(=O)[C@@H]2CCN2C(=O)[C@H](CC(C)=O)C2CCCCC2)cc1. The van der Waals surface area contributed by atoms with Crippen molar-refractivity contribution in [3.8, 4) is 0 Å². The zero-order chi connectivity index (χ0) is 21.7. The van der Waals surface area contributed by atoms with Crippen molar-refractivity contribution >= 4 is 23.3 Å². The number of nitrogens with zero attached hydrogens (tertiary/aromatic N) is 1. The first-order valence-corrected chi connectivity index (χ1v) is 11.1. The summed E-state index contributed by atoms with van der Waals surface area (Å²) in [6.45, 7) is 4.28. The molecule has 2 amide bonds. The fraction of sp³-hybridized carbons (Fsp3) is 0.583. The van der Waals surface area contributed by atoms with E-state index in [9.17, 15) is 14.4 Å². The molecule has 1 saturated heterocycles. The van der Waals surface area contributed by atoms with E-state index in [1.54, 1.807) is 18.7 Å².